The summed E-state index contributed by atoms with van der Waals surface area (Å²) in [6.45, 7) is 7.93. The number of hydrogen-bond acceptors (Lipinski definition) is 4. The number of anilines is 4. The lowest BCUT2D eigenvalue weighted by Gasteiger charge is -2.48. The molecule has 2 aliphatic rings. The second-order valence-corrected chi connectivity index (χ2v) is 7.24. The van der Waals surface area contributed by atoms with Crippen molar-refractivity contribution in [2.45, 2.75) is 46.0 Å². The van der Waals surface area contributed by atoms with Gasteiger partial charge in [-0.15, -0.1) is 0 Å². The monoisotopic (exact) mass is 390 g/mol. The predicted molar refractivity (Wildman–Crippen MR) is 117 cm³/mol. The molecule has 0 radical (unpaired) electrons. The zero-order valence-corrected chi connectivity index (χ0v) is 17.4. The molecule has 5 heteroatoms. The van der Waals surface area contributed by atoms with Crippen LogP contribution in [0.15, 0.2) is 67.1 Å². The quantitative estimate of drug-likeness (QED) is 0.511. The average Bonchev–Trinajstić information content (AvgIpc) is 3.15. The molecule has 150 valence electrons. The third kappa shape index (κ3) is 2.71. The summed E-state index contributed by atoms with van der Waals surface area (Å²) >= 11 is 0. The van der Waals surface area contributed by atoms with Crippen LogP contribution in [0.1, 0.15) is 39.7 Å². The van der Waals surface area contributed by atoms with Gasteiger partial charge in [0, 0.05) is 17.2 Å². The Hall–Kier alpha value is -2.95. The lowest BCUT2D eigenvalue weighted by Crippen LogP contribution is -2.54. The Morgan fingerprint density at radius 1 is 0.966 bits per heavy atom. The van der Waals surface area contributed by atoms with Crippen LogP contribution < -0.4 is 9.80 Å². The molecule has 3 aromatic rings. The van der Waals surface area contributed by atoms with E-state index in [0.717, 1.165) is 28.4 Å². The van der Waals surface area contributed by atoms with E-state index >= 15 is 4.39 Å². The van der Waals surface area contributed by atoms with Gasteiger partial charge in [0.1, 0.15) is 23.8 Å². The summed E-state index contributed by atoms with van der Waals surface area (Å²) in [6, 6.07) is 17.9. The standard InChI is InChI=1S/C22H21FN4.C2H6/c1-3-22(23)15(2)21-26(16-9-5-4-6-10-16)19-13-24-14-25-20(19)27(21)18-12-8-7-11-17(18)22;1-2/h4-15,21H,3H2,1-2H3;1-2H3. The van der Waals surface area contributed by atoms with Crippen LogP contribution in [0.2, 0.25) is 0 Å². The van der Waals surface area contributed by atoms with Crippen molar-refractivity contribution >= 4 is 22.9 Å². The van der Waals surface area contributed by atoms with Gasteiger partial charge in [-0.25, -0.2) is 14.4 Å². The topological polar surface area (TPSA) is 32.3 Å². The van der Waals surface area contributed by atoms with Crippen LogP contribution in [-0.2, 0) is 5.67 Å². The van der Waals surface area contributed by atoms with Crippen molar-refractivity contribution in [3.8, 4) is 0 Å². The molecule has 3 atom stereocenters. The molecule has 3 heterocycles. The predicted octanol–water partition coefficient (Wildman–Crippen LogP) is 6.34. The van der Waals surface area contributed by atoms with Crippen LogP contribution in [-0.4, -0.2) is 16.1 Å². The molecule has 0 bridgehead atoms. The number of aromatic nitrogens is 2. The Balaban J connectivity index is 0.000000994. The number of halogens is 1. The minimum absolute atomic E-state index is 0.195. The summed E-state index contributed by atoms with van der Waals surface area (Å²) in [6.07, 6.45) is 3.63. The van der Waals surface area contributed by atoms with E-state index in [9.17, 15) is 0 Å². The SMILES string of the molecule is CC.CCC1(F)c2ccccc2N2c3ncncc3N(c3ccccc3)C2C1C. The van der Waals surface area contributed by atoms with Gasteiger partial charge in [-0.05, 0) is 24.6 Å². The Labute approximate surface area is 172 Å². The van der Waals surface area contributed by atoms with E-state index in [1.54, 1.807) is 6.33 Å². The average molecular weight is 391 g/mol. The smallest absolute Gasteiger partial charge is 0.162 e. The zero-order chi connectivity index (χ0) is 20.6. The third-order valence-electron chi connectivity index (χ3n) is 6.02. The number of hydrogen-bond donors (Lipinski definition) is 0. The fourth-order valence-electron chi connectivity index (χ4n) is 4.67. The minimum Gasteiger partial charge on any atom is -0.315 e. The van der Waals surface area contributed by atoms with Gasteiger partial charge in [-0.2, -0.15) is 0 Å². The summed E-state index contributed by atoms with van der Waals surface area (Å²) in [4.78, 5) is 13.2. The number of alkyl halides is 1. The lowest BCUT2D eigenvalue weighted by atomic mass is 9.75. The zero-order valence-electron chi connectivity index (χ0n) is 17.4. The van der Waals surface area contributed by atoms with Gasteiger partial charge < -0.3 is 9.80 Å². The number of fused-ring (bicyclic) bond motifs is 5. The van der Waals surface area contributed by atoms with Crippen molar-refractivity contribution in [1.29, 1.82) is 0 Å². The largest absolute Gasteiger partial charge is 0.315 e. The summed E-state index contributed by atoms with van der Waals surface area (Å²) in [5.74, 6) is 0.572. The second-order valence-electron chi connectivity index (χ2n) is 7.24. The maximum absolute atomic E-state index is 16.3. The maximum Gasteiger partial charge on any atom is 0.162 e. The van der Waals surface area contributed by atoms with Crippen LogP contribution in [0.4, 0.5) is 27.3 Å². The molecule has 29 heavy (non-hydrogen) atoms. The van der Waals surface area contributed by atoms with E-state index < -0.39 is 5.67 Å². The van der Waals surface area contributed by atoms with Crippen molar-refractivity contribution in [1.82, 2.24) is 9.97 Å². The first kappa shape index (κ1) is 19.4. The first-order valence-corrected chi connectivity index (χ1v) is 10.4. The maximum atomic E-state index is 16.3. The molecule has 1 aromatic heterocycles. The molecule has 0 fully saturated rings. The van der Waals surface area contributed by atoms with Crippen LogP contribution in [0.5, 0.6) is 0 Å². The minimum atomic E-state index is -1.40. The summed E-state index contributed by atoms with van der Waals surface area (Å²) in [5, 5.41) is 0. The van der Waals surface area contributed by atoms with Gasteiger partial charge in [0.15, 0.2) is 5.82 Å². The van der Waals surface area contributed by atoms with Gasteiger partial charge in [0.05, 0.1) is 11.9 Å². The van der Waals surface area contributed by atoms with E-state index in [1.165, 1.54) is 0 Å². The molecule has 5 rings (SSSR count). The molecule has 2 aliphatic heterocycles. The number of para-hydroxylation sites is 2. The summed E-state index contributed by atoms with van der Waals surface area (Å²) in [7, 11) is 0. The molecule has 0 amide bonds. The van der Waals surface area contributed by atoms with Gasteiger partial charge in [0.25, 0.3) is 0 Å². The van der Waals surface area contributed by atoms with Crippen molar-refractivity contribution in [3.63, 3.8) is 0 Å². The van der Waals surface area contributed by atoms with Crippen molar-refractivity contribution in [3.05, 3.63) is 72.7 Å². The fourth-order valence-corrected chi connectivity index (χ4v) is 4.67. The van der Waals surface area contributed by atoms with Crippen LogP contribution in [0, 0.1) is 5.92 Å². The molecule has 0 spiro atoms. The number of benzene rings is 2. The van der Waals surface area contributed by atoms with Gasteiger partial charge in [-0.3, -0.25) is 0 Å². The molecule has 0 saturated heterocycles. The highest BCUT2D eigenvalue weighted by atomic mass is 19.1. The molecule has 3 unspecified atom stereocenters. The van der Waals surface area contributed by atoms with Gasteiger partial charge in [0.2, 0.25) is 0 Å². The first-order valence-electron chi connectivity index (χ1n) is 10.4. The normalized spacial score (nSPS) is 24.2. The van der Waals surface area contributed by atoms with Crippen molar-refractivity contribution in [2.75, 3.05) is 9.80 Å². The molecule has 0 saturated carbocycles. The lowest BCUT2D eigenvalue weighted by molar-refractivity contribution is 0.0620. The van der Waals surface area contributed by atoms with E-state index in [1.807, 2.05) is 76.4 Å². The van der Waals surface area contributed by atoms with E-state index in [0.29, 0.717) is 6.42 Å². The highest BCUT2D eigenvalue weighted by Gasteiger charge is 2.55. The van der Waals surface area contributed by atoms with E-state index in [2.05, 4.69) is 31.9 Å². The number of rotatable bonds is 2. The Morgan fingerprint density at radius 2 is 1.66 bits per heavy atom. The van der Waals surface area contributed by atoms with Gasteiger partial charge in [-0.1, -0.05) is 64.1 Å². The van der Waals surface area contributed by atoms with Gasteiger partial charge >= 0.3 is 0 Å². The number of nitrogens with zero attached hydrogens (tertiary/aromatic N) is 4. The highest BCUT2D eigenvalue weighted by Crippen LogP contribution is 2.58. The van der Waals surface area contributed by atoms with E-state index in [-0.39, 0.29) is 12.1 Å². The molecule has 0 aliphatic carbocycles. The highest BCUT2D eigenvalue weighted by molar-refractivity contribution is 5.87. The molecule has 0 N–H and O–H groups in total. The fraction of sp³-hybridized carbons (Fsp3) is 0.333. The van der Waals surface area contributed by atoms with Crippen LogP contribution in [0.25, 0.3) is 0 Å². The Kier molecular flexibility index (Phi) is 4.99. The summed E-state index contributed by atoms with van der Waals surface area (Å²) in [5.41, 5.74) is 2.17. The third-order valence-corrected chi connectivity index (χ3v) is 6.02. The van der Waals surface area contributed by atoms with Crippen LogP contribution >= 0.6 is 0 Å². The Morgan fingerprint density at radius 3 is 2.38 bits per heavy atom. The molecular weight excluding hydrogens is 363 g/mol. The summed E-state index contributed by atoms with van der Waals surface area (Å²) < 4.78 is 16.3. The molecular formula is C24H27FN4. The first-order chi connectivity index (χ1) is 14.2. The second kappa shape index (κ2) is 7.47. The van der Waals surface area contributed by atoms with Crippen molar-refractivity contribution in [2.24, 2.45) is 5.92 Å². The van der Waals surface area contributed by atoms with Crippen molar-refractivity contribution < 1.29 is 4.39 Å². The van der Waals surface area contributed by atoms with E-state index in [4.69, 9.17) is 0 Å². The Bertz CT molecular complexity index is 993. The molecule has 2 aromatic carbocycles. The molecule has 4 nitrogen and oxygen atoms in total. The van der Waals surface area contributed by atoms with Crippen LogP contribution in [0.3, 0.4) is 0 Å².